The normalized spacial score (nSPS) is 11.9. The molecule has 0 aliphatic rings. The zero-order valence-electron chi connectivity index (χ0n) is 7.22. The zero-order chi connectivity index (χ0) is 8.48. The van der Waals surface area contributed by atoms with Gasteiger partial charge in [0, 0.05) is 6.42 Å². The van der Waals surface area contributed by atoms with Crippen molar-refractivity contribution in [1.29, 1.82) is 0 Å². The summed E-state index contributed by atoms with van der Waals surface area (Å²) in [5, 5.41) is 3.61. The molecule has 0 spiro atoms. The van der Waals surface area contributed by atoms with Crippen LogP contribution in [-0.2, 0) is 6.42 Å². The predicted octanol–water partition coefficient (Wildman–Crippen LogP) is 1.85. The van der Waals surface area contributed by atoms with Crippen LogP contribution in [0.2, 0.25) is 0 Å². The maximum atomic E-state index is 5.59. The summed E-state index contributed by atoms with van der Waals surface area (Å²) in [5.74, 6) is 0.789. The summed E-state index contributed by atoms with van der Waals surface area (Å²) < 4.78 is 4.97. The maximum absolute atomic E-state index is 5.59. The standard InChI is InChI=1S/C8H14N2O/c1-8(2,3)4-7-6(9)5-10-11-7/h5H,4,9H2,1-3H3. The van der Waals surface area contributed by atoms with Gasteiger partial charge >= 0.3 is 0 Å². The number of hydrogen-bond donors (Lipinski definition) is 1. The topological polar surface area (TPSA) is 52.0 Å². The molecule has 1 aromatic rings. The van der Waals surface area contributed by atoms with Crippen LogP contribution in [0.25, 0.3) is 0 Å². The van der Waals surface area contributed by atoms with Crippen LogP contribution in [-0.4, -0.2) is 5.16 Å². The van der Waals surface area contributed by atoms with Crippen molar-refractivity contribution in [1.82, 2.24) is 5.16 Å². The molecule has 0 saturated carbocycles. The Bertz CT molecular complexity index is 234. The Morgan fingerprint density at radius 3 is 2.55 bits per heavy atom. The molecule has 3 heteroatoms. The average Bonchev–Trinajstić information content (AvgIpc) is 2.12. The van der Waals surface area contributed by atoms with Crippen molar-refractivity contribution in [3.63, 3.8) is 0 Å². The second kappa shape index (κ2) is 2.57. The highest BCUT2D eigenvalue weighted by molar-refractivity contribution is 5.38. The Hall–Kier alpha value is -0.990. The van der Waals surface area contributed by atoms with Crippen LogP contribution < -0.4 is 5.73 Å². The fourth-order valence-corrected chi connectivity index (χ4v) is 0.887. The highest BCUT2D eigenvalue weighted by atomic mass is 16.5. The Morgan fingerprint density at radius 2 is 2.18 bits per heavy atom. The number of aromatic nitrogens is 1. The highest BCUT2D eigenvalue weighted by Gasteiger charge is 2.16. The van der Waals surface area contributed by atoms with E-state index in [9.17, 15) is 0 Å². The minimum Gasteiger partial charge on any atom is -0.395 e. The molecule has 2 N–H and O–H groups in total. The first kappa shape index (κ1) is 8.11. The molecule has 0 radical (unpaired) electrons. The van der Waals surface area contributed by atoms with Gasteiger partial charge in [-0.25, -0.2) is 0 Å². The minimum atomic E-state index is 0.202. The number of hydrogen-bond acceptors (Lipinski definition) is 3. The van der Waals surface area contributed by atoms with Crippen molar-refractivity contribution < 1.29 is 4.52 Å². The molecule has 0 aliphatic heterocycles. The number of nitrogen functional groups attached to an aromatic ring is 1. The first-order chi connectivity index (χ1) is 4.99. The van der Waals surface area contributed by atoms with Crippen LogP contribution in [0.4, 0.5) is 5.69 Å². The Balaban J connectivity index is 2.72. The lowest BCUT2D eigenvalue weighted by molar-refractivity contribution is 0.321. The zero-order valence-corrected chi connectivity index (χ0v) is 7.22. The molecule has 3 nitrogen and oxygen atoms in total. The quantitative estimate of drug-likeness (QED) is 0.671. The molecular weight excluding hydrogens is 140 g/mol. The van der Waals surface area contributed by atoms with Crippen LogP contribution in [0.3, 0.4) is 0 Å². The smallest absolute Gasteiger partial charge is 0.160 e. The van der Waals surface area contributed by atoms with E-state index in [0.29, 0.717) is 5.69 Å². The summed E-state index contributed by atoms with van der Waals surface area (Å²) in [6, 6.07) is 0. The molecule has 0 atom stereocenters. The van der Waals surface area contributed by atoms with Gasteiger partial charge in [0.25, 0.3) is 0 Å². The largest absolute Gasteiger partial charge is 0.395 e. The van der Waals surface area contributed by atoms with Gasteiger partial charge in [-0.15, -0.1) is 0 Å². The van der Waals surface area contributed by atoms with E-state index in [4.69, 9.17) is 10.3 Å². The summed E-state index contributed by atoms with van der Waals surface area (Å²) in [6.07, 6.45) is 2.37. The summed E-state index contributed by atoms with van der Waals surface area (Å²) in [6.45, 7) is 6.40. The second-order valence-electron chi connectivity index (χ2n) is 3.94. The van der Waals surface area contributed by atoms with Gasteiger partial charge in [0.1, 0.15) is 0 Å². The molecule has 0 bridgehead atoms. The predicted molar refractivity (Wildman–Crippen MR) is 44.1 cm³/mol. The van der Waals surface area contributed by atoms with Gasteiger partial charge in [-0.05, 0) is 5.41 Å². The summed E-state index contributed by atoms with van der Waals surface area (Å²) in [4.78, 5) is 0. The maximum Gasteiger partial charge on any atom is 0.160 e. The monoisotopic (exact) mass is 154 g/mol. The van der Waals surface area contributed by atoms with Crippen molar-refractivity contribution in [3.8, 4) is 0 Å². The Morgan fingerprint density at radius 1 is 1.55 bits per heavy atom. The van der Waals surface area contributed by atoms with Gasteiger partial charge in [0.05, 0.1) is 11.9 Å². The number of nitrogens with zero attached hydrogens (tertiary/aromatic N) is 1. The molecule has 0 aliphatic carbocycles. The molecule has 62 valence electrons. The van der Waals surface area contributed by atoms with E-state index in [1.807, 2.05) is 0 Å². The Labute approximate surface area is 66.6 Å². The fourth-order valence-electron chi connectivity index (χ4n) is 0.887. The summed E-state index contributed by atoms with van der Waals surface area (Å²) in [5.41, 5.74) is 6.45. The lowest BCUT2D eigenvalue weighted by Crippen LogP contribution is -2.09. The lowest BCUT2D eigenvalue weighted by Gasteiger charge is -2.15. The number of rotatable bonds is 1. The molecule has 1 rings (SSSR count). The van der Waals surface area contributed by atoms with Gasteiger partial charge in [0.15, 0.2) is 5.76 Å². The summed E-state index contributed by atoms with van der Waals surface area (Å²) >= 11 is 0. The van der Waals surface area contributed by atoms with Crippen molar-refractivity contribution >= 4 is 5.69 Å². The molecule has 1 heterocycles. The number of anilines is 1. The summed E-state index contributed by atoms with van der Waals surface area (Å²) in [7, 11) is 0. The fraction of sp³-hybridized carbons (Fsp3) is 0.625. The van der Waals surface area contributed by atoms with Crippen LogP contribution >= 0.6 is 0 Å². The lowest BCUT2D eigenvalue weighted by atomic mass is 9.91. The SMILES string of the molecule is CC(C)(C)Cc1oncc1N. The molecular formula is C8H14N2O. The minimum absolute atomic E-state index is 0.202. The third-order valence-corrected chi connectivity index (χ3v) is 1.37. The van der Waals surface area contributed by atoms with Gasteiger partial charge < -0.3 is 10.3 Å². The van der Waals surface area contributed by atoms with E-state index < -0.39 is 0 Å². The van der Waals surface area contributed by atoms with E-state index >= 15 is 0 Å². The second-order valence-corrected chi connectivity index (χ2v) is 3.94. The van der Waals surface area contributed by atoms with E-state index in [1.165, 1.54) is 0 Å². The molecule has 0 saturated heterocycles. The van der Waals surface area contributed by atoms with Crippen LogP contribution in [0, 0.1) is 5.41 Å². The van der Waals surface area contributed by atoms with Crippen molar-refractivity contribution in [2.75, 3.05) is 5.73 Å². The third-order valence-electron chi connectivity index (χ3n) is 1.37. The first-order valence-corrected chi connectivity index (χ1v) is 3.68. The molecule has 0 amide bonds. The third kappa shape index (κ3) is 2.26. The van der Waals surface area contributed by atoms with Crippen LogP contribution in [0.1, 0.15) is 26.5 Å². The van der Waals surface area contributed by atoms with E-state index in [2.05, 4.69) is 25.9 Å². The molecule has 0 fully saturated rings. The first-order valence-electron chi connectivity index (χ1n) is 3.68. The van der Waals surface area contributed by atoms with Gasteiger partial charge in [0.2, 0.25) is 0 Å². The van der Waals surface area contributed by atoms with Crippen molar-refractivity contribution in [3.05, 3.63) is 12.0 Å². The van der Waals surface area contributed by atoms with Crippen molar-refractivity contribution in [2.45, 2.75) is 27.2 Å². The van der Waals surface area contributed by atoms with Crippen LogP contribution in [0.5, 0.6) is 0 Å². The molecule has 0 unspecified atom stereocenters. The van der Waals surface area contributed by atoms with Crippen molar-refractivity contribution in [2.24, 2.45) is 5.41 Å². The van der Waals surface area contributed by atoms with E-state index in [1.54, 1.807) is 6.20 Å². The van der Waals surface area contributed by atoms with Crippen LogP contribution in [0.15, 0.2) is 10.7 Å². The molecule has 1 aromatic heterocycles. The molecule has 0 aromatic carbocycles. The highest BCUT2D eigenvalue weighted by Crippen LogP contribution is 2.23. The van der Waals surface area contributed by atoms with E-state index in [-0.39, 0.29) is 5.41 Å². The van der Waals surface area contributed by atoms with Gasteiger partial charge in [-0.3, -0.25) is 0 Å². The van der Waals surface area contributed by atoms with E-state index in [0.717, 1.165) is 12.2 Å². The van der Waals surface area contributed by atoms with Gasteiger partial charge in [-0.2, -0.15) is 0 Å². The number of nitrogens with two attached hydrogens (primary N) is 1. The molecule has 11 heavy (non-hydrogen) atoms. The Kier molecular flexibility index (Phi) is 1.89. The average molecular weight is 154 g/mol. The van der Waals surface area contributed by atoms with Gasteiger partial charge in [-0.1, -0.05) is 25.9 Å².